The summed E-state index contributed by atoms with van der Waals surface area (Å²) in [5, 5.41) is 0. The molecule has 100 valence electrons. The molecule has 1 unspecified atom stereocenters. The van der Waals surface area contributed by atoms with E-state index in [2.05, 4.69) is 10.4 Å². The van der Waals surface area contributed by atoms with Gasteiger partial charge in [-0.3, -0.25) is 16.3 Å². The van der Waals surface area contributed by atoms with Crippen molar-refractivity contribution in [2.75, 3.05) is 0 Å². The van der Waals surface area contributed by atoms with Crippen molar-refractivity contribution in [3.63, 3.8) is 0 Å². The molecule has 1 aromatic heterocycles. The third-order valence-electron chi connectivity index (χ3n) is 3.21. The van der Waals surface area contributed by atoms with E-state index in [1.807, 2.05) is 31.3 Å². The van der Waals surface area contributed by atoms with Gasteiger partial charge in [-0.15, -0.1) is 0 Å². The molecule has 0 bridgehead atoms. The highest BCUT2D eigenvalue weighted by Gasteiger charge is 2.11. The van der Waals surface area contributed by atoms with Crippen LogP contribution in [0.4, 0.5) is 4.39 Å². The van der Waals surface area contributed by atoms with Crippen molar-refractivity contribution in [1.82, 2.24) is 10.4 Å². The van der Waals surface area contributed by atoms with Gasteiger partial charge in [0.25, 0.3) is 0 Å². The first kappa shape index (κ1) is 13.6. The van der Waals surface area contributed by atoms with E-state index in [0.717, 1.165) is 29.5 Å². The lowest BCUT2D eigenvalue weighted by atomic mass is 9.97. The van der Waals surface area contributed by atoms with Gasteiger partial charge in [0.2, 0.25) is 0 Å². The molecule has 2 aromatic rings. The fourth-order valence-electron chi connectivity index (χ4n) is 2.15. The average molecular weight is 259 g/mol. The number of aryl methyl sites for hydroxylation is 1. The van der Waals surface area contributed by atoms with Crippen LogP contribution >= 0.6 is 0 Å². The normalized spacial score (nSPS) is 12.4. The van der Waals surface area contributed by atoms with Crippen molar-refractivity contribution in [1.29, 1.82) is 0 Å². The Kier molecular flexibility index (Phi) is 4.60. The van der Waals surface area contributed by atoms with E-state index in [4.69, 9.17) is 5.84 Å². The maximum absolute atomic E-state index is 13.1. The molecule has 2 rings (SSSR count). The van der Waals surface area contributed by atoms with Gasteiger partial charge in [-0.2, -0.15) is 0 Å². The minimum Gasteiger partial charge on any atom is -0.271 e. The summed E-state index contributed by atoms with van der Waals surface area (Å²) in [5.74, 6) is 5.40. The highest BCUT2D eigenvalue weighted by Crippen LogP contribution is 2.14. The van der Waals surface area contributed by atoms with Crippen molar-refractivity contribution in [2.45, 2.75) is 25.8 Å². The second-order valence-corrected chi connectivity index (χ2v) is 4.70. The zero-order valence-corrected chi connectivity index (χ0v) is 10.9. The molecule has 0 aliphatic carbocycles. The summed E-state index contributed by atoms with van der Waals surface area (Å²) >= 11 is 0. The lowest BCUT2D eigenvalue weighted by molar-refractivity contribution is 0.520. The number of benzene rings is 1. The average Bonchev–Trinajstić information content (AvgIpc) is 2.42. The van der Waals surface area contributed by atoms with Crippen molar-refractivity contribution in [3.8, 4) is 0 Å². The number of hydrogen-bond acceptors (Lipinski definition) is 3. The quantitative estimate of drug-likeness (QED) is 0.639. The number of halogens is 1. The third-order valence-corrected chi connectivity index (χ3v) is 3.21. The lowest BCUT2D eigenvalue weighted by Crippen LogP contribution is -2.38. The van der Waals surface area contributed by atoms with Gasteiger partial charge in [0.1, 0.15) is 5.82 Å². The highest BCUT2D eigenvalue weighted by atomic mass is 19.1. The SMILES string of the molecule is Cc1cc(F)ccc1CC(Cc1cccnc1)NN. The lowest BCUT2D eigenvalue weighted by Gasteiger charge is -2.17. The number of nitrogens with one attached hydrogen (secondary N) is 1. The van der Waals surface area contributed by atoms with Crippen LogP contribution in [0.1, 0.15) is 16.7 Å². The Morgan fingerprint density at radius 1 is 1.32 bits per heavy atom. The maximum Gasteiger partial charge on any atom is 0.123 e. The summed E-state index contributed by atoms with van der Waals surface area (Å²) in [5.41, 5.74) is 6.00. The van der Waals surface area contributed by atoms with Gasteiger partial charge >= 0.3 is 0 Å². The zero-order chi connectivity index (χ0) is 13.7. The summed E-state index contributed by atoms with van der Waals surface area (Å²) < 4.78 is 13.1. The molecule has 3 nitrogen and oxygen atoms in total. The number of aromatic nitrogens is 1. The predicted octanol–water partition coefficient (Wildman–Crippen LogP) is 2.15. The monoisotopic (exact) mass is 259 g/mol. The number of nitrogens with zero attached hydrogens (tertiary/aromatic N) is 1. The van der Waals surface area contributed by atoms with Gasteiger partial charge in [-0.25, -0.2) is 4.39 Å². The fraction of sp³-hybridized carbons (Fsp3) is 0.267. The van der Waals surface area contributed by atoms with Crippen LogP contribution < -0.4 is 11.3 Å². The Morgan fingerprint density at radius 2 is 2.16 bits per heavy atom. The van der Waals surface area contributed by atoms with Crippen LogP contribution in [0.3, 0.4) is 0 Å². The Bertz CT molecular complexity index is 528. The molecule has 1 atom stereocenters. The molecule has 3 N–H and O–H groups in total. The minimum absolute atomic E-state index is 0.105. The smallest absolute Gasteiger partial charge is 0.123 e. The van der Waals surface area contributed by atoms with Crippen LogP contribution in [0.25, 0.3) is 0 Å². The van der Waals surface area contributed by atoms with Crippen LogP contribution in [0.2, 0.25) is 0 Å². The van der Waals surface area contributed by atoms with E-state index in [9.17, 15) is 4.39 Å². The van der Waals surface area contributed by atoms with Crippen LogP contribution in [0.5, 0.6) is 0 Å². The molecule has 0 fully saturated rings. The summed E-state index contributed by atoms with van der Waals surface area (Å²) in [6.45, 7) is 1.91. The number of hydrogen-bond donors (Lipinski definition) is 2. The number of hydrazine groups is 1. The van der Waals surface area contributed by atoms with Crippen LogP contribution in [-0.4, -0.2) is 11.0 Å². The Balaban J connectivity index is 2.06. The molecular formula is C15H18FN3. The fourth-order valence-corrected chi connectivity index (χ4v) is 2.15. The molecule has 0 saturated carbocycles. The summed E-state index contributed by atoms with van der Waals surface area (Å²) in [6.07, 6.45) is 5.14. The maximum atomic E-state index is 13.1. The molecule has 0 aliphatic heterocycles. The van der Waals surface area contributed by atoms with E-state index in [1.165, 1.54) is 6.07 Å². The van der Waals surface area contributed by atoms with Gasteiger partial charge in [-0.05, 0) is 54.7 Å². The summed E-state index contributed by atoms with van der Waals surface area (Å²) in [4.78, 5) is 4.09. The largest absolute Gasteiger partial charge is 0.271 e. The first-order valence-corrected chi connectivity index (χ1v) is 6.29. The molecule has 0 amide bonds. The van der Waals surface area contributed by atoms with Crippen molar-refractivity contribution < 1.29 is 4.39 Å². The molecule has 0 aliphatic rings. The van der Waals surface area contributed by atoms with E-state index >= 15 is 0 Å². The van der Waals surface area contributed by atoms with E-state index in [-0.39, 0.29) is 11.9 Å². The Labute approximate surface area is 112 Å². The first-order valence-electron chi connectivity index (χ1n) is 6.29. The molecule has 1 heterocycles. The topological polar surface area (TPSA) is 50.9 Å². The zero-order valence-electron chi connectivity index (χ0n) is 10.9. The van der Waals surface area contributed by atoms with Gasteiger partial charge in [0.05, 0.1) is 0 Å². The number of pyridine rings is 1. The van der Waals surface area contributed by atoms with E-state index in [0.29, 0.717) is 0 Å². The molecule has 4 heteroatoms. The van der Waals surface area contributed by atoms with Gasteiger partial charge in [-0.1, -0.05) is 12.1 Å². The molecule has 19 heavy (non-hydrogen) atoms. The van der Waals surface area contributed by atoms with Gasteiger partial charge < -0.3 is 0 Å². The molecule has 0 saturated heterocycles. The number of rotatable bonds is 5. The summed E-state index contributed by atoms with van der Waals surface area (Å²) in [7, 11) is 0. The summed E-state index contributed by atoms with van der Waals surface area (Å²) in [6, 6.07) is 8.89. The van der Waals surface area contributed by atoms with Crippen molar-refractivity contribution in [2.24, 2.45) is 5.84 Å². The third kappa shape index (κ3) is 3.84. The van der Waals surface area contributed by atoms with Crippen LogP contribution in [0.15, 0.2) is 42.7 Å². The molecule has 0 spiro atoms. The van der Waals surface area contributed by atoms with Crippen molar-refractivity contribution in [3.05, 3.63) is 65.2 Å². The standard InChI is InChI=1S/C15H18FN3/c1-11-7-14(16)5-4-13(11)9-15(19-17)8-12-3-2-6-18-10-12/h2-7,10,15,19H,8-9,17H2,1H3. The molecule has 1 aromatic carbocycles. The van der Waals surface area contributed by atoms with Gasteiger partial charge in [0.15, 0.2) is 0 Å². The minimum atomic E-state index is -0.203. The Morgan fingerprint density at radius 3 is 2.79 bits per heavy atom. The van der Waals surface area contributed by atoms with Gasteiger partial charge in [0, 0.05) is 18.4 Å². The highest BCUT2D eigenvalue weighted by molar-refractivity contribution is 5.27. The molecule has 0 radical (unpaired) electrons. The van der Waals surface area contributed by atoms with E-state index < -0.39 is 0 Å². The van der Waals surface area contributed by atoms with Crippen molar-refractivity contribution >= 4 is 0 Å². The second kappa shape index (κ2) is 6.41. The predicted molar refractivity (Wildman–Crippen MR) is 73.9 cm³/mol. The second-order valence-electron chi connectivity index (χ2n) is 4.70. The first-order chi connectivity index (χ1) is 9.19. The van der Waals surface area contributed by atoms with Crippen LogP contribution in [-0.2, 0) is 12.8 Å². The number of nitrogens with two attached hydrogens (primary N) is 1. The van der Waals surface area contributed by atoms with E-state index in [1.54, 1.807) is 12.3 Å². The molecular weight excluding hydrogens is 241 g/mol. The Hall–Kier alpha value is -1.78. The van der Waals surface area contributed by atoms with Crippen LogP contribution in [0, 0.1) is 12.7 Å².